The van der Waals surface area contributed by atoms with Crippen LogP contribution in [0.2, 0.25) is 0 Å². The number of ketones is 1. The zero-order valence-corrected chi connectivity index (χ0v) is 51.6. The molecule has 15 rings (SSSR count). The maximum absolute atomic E-state index is 16.5. The molecule has 1 aromatic rings. The van der Waals surface area contributed by atoms with E-state index in [-0.39, 0.29) is 64.8 Å². The van der Waals surface area contributed by atoms with Crippen molar-refractivity contribution in [1.29, 1.82) is 0 Å². The number of rotatable bonds is 10. The average Bonchev–Trinajstić information content (AvgIpc) is 1.27. The van der Waals surface area contributed by atoms with Gasteiger partial charge < -0.3 is 46.1 Å². The summed E-state index contributed by atoms with van der Waals surface area (Å²) >= 11 is 0. The molecule has 2 saturated heterocycles. The molecule has 14 aliphatic rings. The standard InChI is InChI=1S/C74H102N2O8/c1-47-22-34-83-73(39-47,63-62(84-63)66(4,81)64(2,45-77)29-19-48-21-33-76-60(75)35-48)58-20-30-74(82)56-38-57(80)55-37-54(79)43-71-53-36-52(70(46-78)28-12-27-69(70)25-9-10-26-69)42-72(55,71)61(56)51(40-65(58,74)3)18-17-50-14-6-5-13-49(50)15-11-16-59(71)68(41-53)32-31-67(44-68)23-7-8-24-67/h5-6,13-14,21,35-36,38,47,51,53-55,58-59,61-63,76-79,81-82H,7-10,12,15,17-20,22-34,37,39-46,75H2,1-4H3/t47-,51-,53+,54-,55+,58+,59-,61+,62+,63+,64+,65-,66+,68-,70-,71+,72+,73-,74-/m1/s1. The number of benzene rings is 1. The van der Waals surface area contributed by atoms with Gasteiger partial charge in [-0.25, -0.2) is 0 Å². The summed E-state index contributed by atoms with van der Waals surface area (Å²) in [6.07, 6.45) is 33.9. The van der Waals surface area contributed by atoms with Crippen LogP contribution in [0.5, 0.6) is 0 Å². The quantitative estimate of drug-likeness (QED) is 0.0678. The van der Waals surface area contributed by atoms with Gasteiger partial charge in [-0.05, 0) is 234 Å². The number of carbonyl (C=O) groups excluding carboxylic acids is 1. The van der Waals surface area contributed by atoms with Crippen LogP contribution < -0.4 is 11.1 Å². The van der Waals surface area contributed by atoms with Crippen LogP contribution in [0.25, 0.3) is 0 Å². The van der Waals surface area contributed by atoms with Crippen molar-refractivity contribution in [3.63, 3.8) is 0 Å². The topological polar surface area (TPSA) is 178 Å². The summed E-state index contributed by atoms with van der Waals surface area (Å²) in [6.45, 7) is 9.69. The van der Waals surface area contributed by atoms with Crippen LogP contribution >= 0.6 is 0 Å². The van der Waals surface area contributed by atoms with Gasteiger partial charge in [-0.1, -0.05) is 107 Å². The molecule has 10 fully saturated rings. The largest absolute Gasteiger partial charge is 0.396 e. The molecule has 5 spiro atoms. The molecular formula is C74H102N2O8. The summed E-state index contributed by atoms with van der Waals surface area (Å²) in [7, 11) is 0. The Kier molecular flexibility index (Phi) is 13.4. The third-order valence-corrected chi connectivity index (χ3v) is 29.6. The number of carbonyl (C=O) groups is 1. The Labute approximate surface area is 502 Å². The normalized spacial score (nSPS) is 47.0. The van der Waals surface area contributed by atoms with Crippen molar-refractivity contribution < 1.29 is 39.8 Å². The van der Waals surface area contributed by atoms with Crippen LogP contribution in [-0.2, 0) is 27.1 Å². The van der Waals surface area contributed by atoms with E-state index in [1.807, 2.05) is 26.0 Å². The molecule has 19 atom stereocenters. The van der Waals surface area contributed by atoms with Crippen molar-refractivity contribution in [2.45, 2.75) is 243 Å². The minimum Gasteiger partial charge on any atom is -0.396 e. The Morgan fingerprint density at radius 2 is 1.65 bits per heavy atom. The van der Waals surface area contributed by atoms with Gasteiger partial charge in [0.2, 0.25) is 0 Å². The second-order valence-electron chi connectivity index (χ2n) is 32.8. The first-order valence-corrected chi connectivity index (χ1v) is 34.3. The monoisotopic (exact) mass is 1150 g/mol. The number of ether oxygens (including phenoxy) is 2. The smallest absolute Gasteiger partial charge is 0.159 e. The Balaban J connectivity index is 0.902. The highest BCUT2D eigenvalue weighted by Gasteiger charge is 2.83. The van der Waals surface area contributed by atoms with Crippen molar-refractivity contribution in [1.82, 2.24) is 5.32 Å². The Bertz CT molecular complexity index is 3020. The molecule has 8 N–H and O–H groups in total. The zero-order chi connectivity index (χ0) is 58.1. The Morgan fingerprint density at radius 1 is 0.881 bits per heavy atom. The molecule has 84 heavy (non-hydrogen) atoms. The number of nitrogens with one attached hydrogen (secondary N) is 1. The molecule has 0 amide bonds. The summed E-state index contributed by atoms with van der Waals surface area (Å²) in [5.74, 6) is 8.76. The van der Waals surface area contributed by atoms with Gasteiger partial charge in [0.05, 0.1) is 36.3 Å². The van der Waals surface area contributed by atoms with E-state index in [0.717, 1.165) is 94.6 Å². The van der Waals surface area contributed by atoms with Crippen LogP contribution in [0.1, 0.15) is 206 Å². The second kappa shape index (κ2) is 19.6. The number of nitrogens with two attached hydrogens (primary N) is 1. The molecule has 10 nitrogen and oxygen atoms in total. The summed E-state index contributed by atoms with van der Waals surface area (Å²) in [4.78, 5) is 16.5. The van der Waals surface area contributed by atoms with E-state index in [9.17, 15) is 25.5 Å². The van der Waals surface area contributed by atoms with Gasteiger partial charge in [0.15, 0.2) is 5.78 Å². The lowest BCUT2D eigenvalue weighted by Gasteiger charge is -2.72. The Hall–Kier alpha value is -3.27. The molecule has 8 saturated carbocycles. The highest BCUT2D eigenvalue weighted by molar-refractivity contribution is 5.95. The van der Waals surface area contributed by atoms with E-state index < -0.39 is 62.7 Å². The molecule has 0 aromatic heterocycles. The molecule has 11 aliphatic carbocycles. The molecule has 0 unspecified atom stereocenters. The van der Waals surface area contributed by atoms with Gasteiger partial charge in [0.25, 0.3) is 0 Å². The van der Waals surface area contributed by atoms with Gasteiger partial charge in [-0.2, -0.15) is 0 Å². The maximum atomic E-state index is 16.5. The number of epoxide rings is 1. The van der Waals surface area contributed by atoms with Gasteiger partial charge in [0, 0.05) is 53.1 Å². The maximum Gasteiger partial charge on any atom is 0.159 e. The predicted octanol–water partition coefficient (Wildman–Crippen LogP) is 11.4. The van der Waals surface area contributed by atoms with Crippen molar-refractivity contribution >= 4 is 5.78 Å². The van der Waals surface area contributed by atoms with Crippen LogP contribution in [0.4, 0.5) is 0 Å². The van der Waals surface area contributed by atoms with Gasteiger partial charge in [-0.3, -0.25) is 4.79 Å². The highest BCUT2D eigenvalue weighted by Crippen LogP contribution is 2.85. The first kappa shape index (κ1) is 57.2. The Morgan fingerprint density at radius 3 is 2.42 bits per heavy atom. The average molecular weight is 1150 g/mol. The van der Waals surface area contributed by atoms with Crippen molar-refractivity contribution in [2.24, 2.45) is 90.5 Å². The van der Waals surface area contributed by atoms with Crippen LogP contribution in [0.3, 0.4) is 0 Å². The minimum absolute atomic E-state index is 0.0225. The van der Waals surface area contributed by atoms with Gasteiger partial charge in [0.1, 0.15) is 17.8 Å². The van der Waals surface area contributed by atoms with Crippen molar-refractivity contribution in [3.05, 3.63) is 82.2 Å². The molecule has 0 radical (unpaired) electrons. The number of aryl methyl sites for hydroxylation is 1. The number of allylic oxidation sites excluding steroid dienone is 4. The number of hydrogen-bond donors (Lipinski definition) is 7. The van der Waals surface area contributed by atoms with Gasteiger partial charge in [-0.15, -0.1) is 0 Å². The second-order valence-corrected chi connectivity index (χ2v) is 32.8. The molecule has 10 heteroatoms. The fourth-order valence-corrected chi connectivity index (χ4v) is 25.6. The summed E-state index contributed by atoms with van der Waals surface area (Å²) in [6, 6.07) is 9.04. The first-order valence-electron chi connectivity index (χ1n) is 34.3. The number of fused-ring (bicyclic) bond motifs is 4. The van der Waals surface area contributed by atoms with E-state index >= 15 is 4.79 Å². The van der Waals surface area contributed by atoms with E-state index in [2.05, 4.69) is 67.4 Å². The number of aliphatic hydroxyl groups is 5. The lowest BCUT2D eigenvalue weighted by atomic mass is 9.31. The van der Waals surface area contributed by atoms with Crippen molar-refractivity contribution in [2.75, 3.05) is 26.4 Å². The van der Waals surface area contributed by atoms with E-state index in [1.54, 1.807) is 0 Å². The zero-order valence-electron chi connectivity index (χ0n) is 51.6. The number of aliphatic hydroxyl groups excluding tert-OH is 3. The summed E-state index contributed by atoms with van der Waals surface area (Å²) < 4.78 is 14.5. The van der Waals surface area contributed by atoms with Crippen LogP contribution in [-0.4, -0.2) is 92.8 Å². The summed E-state index contributed by atoms with van der Waals surface area (Å²) in [5.41, 5.74) is 5.83. The molecule has 456 valence electrons. The number of hydrogen-bond acceptors (Lipinski definition) is 10. The minimum atomic E-state index is -1.42. The van der Waals surface area contributed by atoms with E-state index in [0.29, 0.717) is 75.3 Å². The fraction of sp³-hybridized carbons (Fsp3) is 0.770. The lowest BCUT2D eigenvalue weighted by molar-refractivity contribution is -0.227. The lowest BCUT2D eigenvalue weighted by Crippen LogP contribution is -2.71. The molecule has 0 bridgehead atoms. The van der Waals surface area contributed by atoms with Crippen LogP contribution in [0, 0.1) is 96.6 Å². The first-order chi connectivity index (χ1) is 40.3. The van der Waals surface area contributed by atoms with E-state index in [1.165, 1.54) is 68.1 Å². The van der Waals surface area contributed by atoms with Gasteiger partial charge >= 0.3 is 0 Å². The molecule has 3 aliphatic heterocycles. The van der Waals surface area contributed by atoms with E-state index in [4.69, 9.17) is 15.2 Å². The fourth-order valence-electron chi connectivity index (χ4n) is 25.6. The highest BCUT2D eigenvalue weighted by atomic mass is 16.6. The van der Waals surface area contributed by atoms with Crippen molar-refractivity contribution in [3.8, 4) is 11.8 Å². The molecule has 1 aromatic carbocycles. The SMILES string of the molecule is C[C@@H]1CCO[C@]([C@H]2CC[C@@]3(O)C4=CC(=O)[C@@H]5C[C@@H](O)C[C@]67[C@@H]8C#CCc9ccccc9CC[C@H](C[C@]23C)[C@@H]4[C@]56CC([C@]2(CO)CCCC23CCCC3)=C[C@H]7C[C@@]82CCC3(CCCC3)C2)([C@H]2O[C@@H]2[C@](C)(O)[C@](C)(CO)CCC2=CCNC(N)=C2)C1. The van der Waals surface area contributed by atoms with Crippen LogP contribution in [0.15, 0.2) is 71.1 Å². The molecule has 3 heterocycles. The third-order valence-electron chi connectivity index (χ3n) is 29.6. The number of dihydropyridines is 1. The summed E-state index contributed by atoms with van der Waals surface area (Å²) in [5, 5.41) is 68.0. The predicted molar refractivity (Wildman–Crippen MR) is 325 cm³/mol. The third kappa shape index (κ3) is 7.63. The molecular weight excluding hydrogens is 1040 g/mol.